The molecule has 1 N–H and O–H groups in total. The summed E-state index contributed by atoms with van der Waals surface area (Å²) in [6.07, 6.45) is 2.25. The van der Waals surface area contributed by atoms with Crippen molar-refractivity contribution in [1.29, 1.82) is 0 Å². The van der Waals surface area contributed by atoms with Crippen molar-refractivity contribution in [2.24, 2.45) is 0 Å². The van der Waals surface area contributed by atoms with Crippen molar-refractivity contribution in [2.45, 2.75) is 26.3 Å². The fourth-order valence-electron chi connectivity index (χ4n) is 2.26. The number of nitrogens with one attached hydrogen (secondary N) is 1. The van der Waals surface area contributed by atoms with Crippen LogP contribution in [0.4, 0.5) is 0 Å². The Hall–Kier alpha value is -1.65. The molecule has 21 heavy (non-hydrogen) atoms. The molecule has 0 saturated carbocycles. The molecule has 1 atom stereocenters. The number of hydrogen-bond donors (Lipinski definition) is 1. The van der Waals surface area contributed by atoms with E-state index in [2.05, 4.69) is 34.3 Å². The lowest BCUT2D eigenvalue weighted by Crippen LogP contribution is -2.23. The van der Waals surface area contributed by atoms with Crippen molar-refractivity contribution in [3.05, 3.63) is 52.4 Å². The molecule has 0 aliphatic rings. The number of likely N-dealkylation sites (N-methyl/N-ethyl adjacent to an activating group) is 1. The Kier molecular flexibility index (Phi) is 5.53. The van der Waals surface area contributed by atoms with E-state index in [9.17, 15) is 0 Å². The molecule has 0 spiro atoms. The van der Waals surface area contributed by atoms with Crippen LogP contribution < -0.4 is 10.1 Å². The number of methoxy groups -OCH3 is 1. The summed E-state index contributed by atoms with van der Waals surface area (Å²) in [5, 5.41) is 4.24. The highest BCUT2D eigenvalue weighted by atomic mass is 35.5. The maximum absolute atomic E-state index is 6.39. The number of rotatable bonds is 6. The summed E-state index contributed by atoms with van der Waals surface area (Å²) in [7, 11) is 1.60. The van der Waals surface area contributed by atoms with Crippen LogP contribution in [-0.4, -0.2) is 23.6 Å². The Morgan fingerprint density at radius 2 is 2.10 bits per heavy atom. The third-order valence-corrected chi connectivity index (χ3v) is 3.63. The van der Waals surface area contributed by atoms with Crippen molar-refractivity contribution in [3.63, 3.8) is 0 Å². The molecule has 0 saturated heterocycles. The standard InChI is InChI=1S/C16H20ClN3O/c1-4-18-15(13-6-5-11(2)7-14(13)17)8-12-9-16(21-3)20-10-19-12/h5-7,9-10,15,18H,4,8H2,1-3H3. The number of ether oxygens (including phenoxy) is 1. The molecule has 0 amide bonds. The largest absolute Gasteiger partial charge is 0.481 e. The van der Waals surface area contributed by atoms with Gasteiger partial charge in [-0.3, -0.25) is 0 Å². The van der Waals surface area contributed by atoms with Gasteiger partial charge in [0.25, 0.3) is 0 Å². The molecule has 0 aliphatic heterocycles. The predicted octanol–water partition coefficient (Wildman–Crippen LogP) is 3.34. The van der Waals surface area contributed by atoms with Crippen LogP contribution in [-0.2, 0) is 6.42 Å². The molecule has 4 nitrogen and oxygen atoms in total. The van der Waals surface area contributed by atoms with E-state index in [1.807, 2.05) is 19.1 Å². The fraction of sp³-hybridized carbons (Fsp3) is 0.375. The summed E-state index contributed by atoms with van der Waals surface area (Å²) in [5.41, 5.74) is 3.16. The molecule has 0 fully saturated rings. The quantitative estimate of drug-likeness (QED) is 0.889. The monoisotopic (exact) mass is 305 g/mol. The lowest BCUT2D eigenvalue weighted by molar-refractivity contribution is 0.395. The van der Waals surface area contributed by atoms with E-state index in [4.69, 9.17) is 16.3 Å². The van der Waals surface area contributed by atoms with E-state index < -0.39 is 0 Å². The summed E-state index contributed by atoms with van der Waals surface area (Å²) in [6.45, 7) is 4.97. The van der Waals surface area contributed by atoms with E-state index >= 15 is 0 Å². The summed E-state index contributed by atoms with van der Waals surface area (Å²) in [6, 6.07) is 8.10. The maximum atomic E-state index is 6.39. The summed E-state index contributed by atoms with van der Waals surface area (Å²) < 4.78 is 5.14. The molecule has 112 valence electrons. The van der Waals surface area contributed by atoms with Gasteiger partial charge in [0.15, 0.2) is 0 Å². The first-order valence-electron chi connectivity index (χ1n) is 6.98. The van der Waals surface area contributed by atoms with Gasteiger partial charge in [0.2, 0.25) is 5.88 Å². The van der Waals surface area contributed by atoms with Gasteiger partial charge in [-0.15, -0.1) is 0 Å². The first-order valence-corrected chi connectivity index (χ1v) is 7.36. The van der Waals surface area contributed by atoms with Crippen molar-refractivity contribution in [3.8, 4) is 5.88 Å². The Balaban J connectivity index is 2.26. The second-order valence-electron chi connectivity index (χ2n) is 4.89. The predicted molar refractivity (Wildman–Crippen MR) is 84.9 cm³/mol. The van der Waals surface area contributed by atoms with Gasteiger partial charge in [-0.25, -0.2) is 9.97 Å². The molecule has 0 aliphatic carbocycles. The van der Waals surface area contributed by atoms with Crippen LogP contribution >= 0.6 is 11.6 Å². The molecular weight excluding hydrogens is 286 g/mol. The van der Waals surface area contributed by atoms with Gasteiger partial charge in [-0.05, 0) is 30.7 Å². The number of aryl methyl sites for hydroxylation is 1. The zero-order chi connectivity index (χ0) is 15.2. The number of benzene rings is 1. The SMILES string of the molecule is CCNC(Cc1cc(OC)ncn1)c1ccc(C)cc1Cl. The number of halogens is 1. The van der Waals surface area contributed by atoms with E-state index in [0.717, 1.165) is 34.8 Å². The minimum absolute atomic E-state index is 0.114. The van der Waals surface area contributed by atoms with Gasteiger partial charge in [0.05, 0.1) is 7.11 Å². The normalized spacial score (nSPS) is 12.2. The Labute approximate surface area is 130 Å². The molecule has 1 unspecified atom stereocenters. The van der Waals surface area contributed by atoms with Crippen LogP contribution in [0.1, 0.15) is 29.8 Å². The van der Waals surface area contributed by atoms with Gasteiger partial charge >= 0.3 is 0 Å². The van der Waals surface area contributed by atoms with Crippen molar-refractivity contribution < 1.29 is 4.74 Å². The van der Waals surface area contributed by atoms with Crippen LogP contribution in [0.3, 0.4) is 0 Å². The van der Waals surface area contributed by atoms with Crippen molar-refractivity contribution in [2.75, 3.05) is 13.7 Å². The van der Waals surface area contributed by atoms with Gasteiger partial charge in [0, 0.05) is 29.2 Å². The molecule has 1 heterocycles. The van der Waals surface area contributed by atoms with Crippen molar-refractivity contribution >= 4 is 11.6 Å². The smallest absolute Gasteiger partial charge is 0.216 e. The molecule has 1 aromatic carbocycles. The summed E-state index contributed by atoms with van der Waals surface area (Å²) >= 11 is 6.39. The van der Waals surface area contributed by atoms with E-state index in [1.54, 1.807) is 7.11 Å². The summed E-state index contributed by atoms with van der Waals surface area (Å²) in [4.78, 5) is 8.34. The molecule has 0 radical (unpaired) electrons. The third-order valence-electron chi connectivity index (χ3n) is 3.30. The third kappa shape index (κ3) is 4.16. The van der Waals surface area contributed by atoms with E-state index in [-0.39, 0.29) is 6.04 Å². The Morgan fingerprint density at radius 1 is 1.29 bits per heavy atom. The number of hydrogen-bond acceptors (Lipinski definition) is 4. The van der Waals surface area contributed by atoms with Crippen LogP contribution in [0.15, 0.2) is 30.6 Å². The molecule has 2 rings (SSSR count). The van der Waals surface area contributed by atoms with Gasteiger partial charge < -0.3 is 10.1 Å². The Bertz CT molecular complexity index is 604. The highest BCUT2D eigenvalue weighted by molar-refractivity contribution is 6.31. The van der Waals surface area contributed by atoms with E-state index in [0.29, 0.717) is 5.88 Å². The van der Waals surface area contributed by atoms with Gasteiger partial charge in [0.1, 0.15) is 6.33 Å². The summed E-state index contributed by atoms with van der Waals surface area (Å²) in [5.74, 6) is 0.574. The first kappa shape index (κ1) is 15.7. The van der Waals surface area contributed by atoms with Gasteiger partial charge in [-0.1, -0.05) is 30.7 Å². The van der Waals surface area contributed by atoms with Crippen LogP contribution in [0.5, 0.6) is 5.88 Å². The first-order chi connectivity index (χ1) is 10.1. The average Bonchev–Trinajstić information content (AvgIpc) is 2.47. The lowest BCUT2D eigenvalue weighted by atomic mass is 10.0. The Morgan fingerprint density at radius 3 is 2.76 bits per heavy atom. The lowest BCUT2D eigenvalue weighted by Gasteiger charge is -2.19. The molecule has 2 aromatic rings. The topological polar surface area (TPSA) is 47.0 Å². The maximum Gasteiger partial charge on any atom is 0.216 e. The minimum atomic E-state index is 0.114. The minimum Gasteiger partial charge on any atom is -0.481 e. The second kappa shape index (κ2) is 7.38. The molecule has 1 aromatic heterocycles. The second-order valence-corrected chi connectivity index (χ2v) is 5.30. The number of nitrogens with zero attached hydrogens (tertiary/aromatic N) is 2. The molecular formula is C16H20ClN3O. The zero-order valence-corrected chi connectivity index (χ0v) is 13.3. The van der Waals surface area contributed by atoms with E-state index in [1.165, 1.54) is 6.33 Å². The highest BCUT2D eigenvalue weighted by Gasteiger charge is 2.15. The van der Waals surface area contributed by atoms with Crippen LogP contribution in [0.25, 0.3) is 0 Å². The molecule has 0 bridgehead atoms. The van der Waals surface area contributed by atoms with Crippen LogP contribution in [0.2, 0.25) is 5.02 Å². The highest BCUT2D eigenvalue weighted by Crippen LogP contribution is 2.26. The number of aromatic nitrogens is 2. The zero-order valence-electron chi connectivity index (χ0n) is 12.6. The fourth-order valence-corrected chi connectivity index (χ4v) is 2.63. The molecule has 5 heteroatoms. The van der Waals surface area contributed by atoms with Crippen molar-refractivity contribution in [1.82, 2.24) is 15.3 Å². The van der Waals surface area contributed by atoms with Gasteiger partial charge in [-0.2, -0.15) is 0 Å². The van der Waals surface area contributed by atoms with Crippen LogP contribution in [0, 0.1) is 6.92 Å². The average molecular weight is 306 g/mol.